The summed E-state index contributed by atoms with van der Waals surface area (Å²) in [5, 5.41) is 4.39. The molecule has 0 saturated heterocycles. The monoisotopic (exact) mass is 565 g/mol. The topological polar surface area (TPSA) is 30.5 Å². The Kier molecular flexibility index (Phi) is 6.49. The smallest absolute Gasteiger partial charge is 0.175 e. The van der Waals surface area contributed by atoms with E-state index in [1.807, 2.05) is 24.3 Å². The Labute approximate surface area is 214 Å². The molecule has 176 valence electrons. The van der Waals surface area contributed by atoms with Gasteiger partial charge in [0.2, 0.25) is 0 Å². The lowest BCUT2D eigenvalue weighted by Crippen LogP contribution is -2.30. The second-order valence-electron chi connectivity index (χ2n) is 8.39. The standard InChI is InChI=1S/C26H20BrCl2F2NO2/c1-33-23-8-14(7-20(27)26(23)34-12-13-5-6-15(28)9-21(13)29)24-18-4-2-3-17(18)19-10-16(30)11-22(31)25(19)32-24/h2-3,5-11,17-18,24,32H,4,12H2,1H3/t17-,18-,24+/m0/s1. The number of methoxy groups -OCH3 is 1. The first-order valence-corrected chi connectivity index (χ1v) is 12.3. The van der Waals surface area contributed by atoms with Gasteiger partial charge in [0.25, 0.3) is 0 Å². The van der Waals surface area contributed by atoms with E-state index in [2.05, 4.69) is 27.3 Å². The number of anilines is 1. The summed E-state index contributed by atoms with van der Waals surface area (Å²) in [7, 11) is 1.57. The maximum absolute atomic E-state index is 14.7. The van der Waals surface area contributed by atoms with E-state index in [0.717, 1.165) is 23.6 Å². The summed E-state index contributed by atoms with van der Waals surface area (Å²) >= 11 is 15.9. The Morgan fingerprint density at radius 2 is 1.94 bits per heavy atom. The highest BCUT2D eigenvalue weighted by Gasteiger charge is 2.39. The van der Waals surface area contributed by atoms with Gasteiger partial charge in [-0.15, -0.1) is 0 Å². The molecule has 5 rings (SSSR count). The van der Waals surface area contributed by atoms with Crippen LogP contribution in [0, 0.1) is 17.6 Å². The molecule has 8 heteroatoms. The van der Waals surface area contributed by atoms with Gasteiger partial charge in [-0.1, -0.05) is 41.4 Å². The van der Waals surface area contributed by atoms with E-state index in [4.69, 9.17) is 32.7 Å². The summed E-state index contributed by atoms with van der Waals surface area (Å²) in [6, 6.07) is 11.2. The zero-order valence-corrected chi connectivity index (χ0v) is 21.1. The summed E-state index contributed by atoms with van der Waals surface area (Å²) < 4.78 is 41.0. The van der Waals surface area contributed by atoms with E-state index >= 15 is 0 Å². The van der Waals surface area contributed by atoms with Crippen molar-refractivity contribution >= 4 is 44.8 Å². The van der Waals surface area contributed by atoms with Crippen molar-refractivity contribution in [2.75, 3.05) is 12.4 Å². The molecule has 0 amide bonds. The lowest BCUT2D eigenvalue weighted by molar-refractivity contribution is 0.282. The van der Waals surface area contributed by atoms with Crippen molar-refractivity contribution in [3.05, 3.63) is 97.5 Å². The summed E-state index contributed by atoms with van der Waals surface area (Å²) in [5.74, 6) is -0.0528. The fourth-order valence-corrected chi connectivity index (χ4v) is 5.84. The highest BCUT2D eigenvalue weighted by Crippen LogP contribution is 2.52. The maximum Gasteiger partial charge on any atom is 0.175 e. The summed E-state index contributed by atoms with van der Waals surface area (Å²) in [4.78, 5) is 0. The summed E-state index contributed by atoms with van der Waals surface area (Å²) in [6.07, 6.45) is 4.91. The van der Waals surface area contributed by atoms with Crippen LogP contribution in [0.25, 0.3) is 0 Å². The molecule has 3 atom stereocenters. The Hall–Kier alpha value is -2.28. The minimum Gasteiger partial charge on any atom is -0.493 e. The van der Waals surface area contributed by atoms with Crippen LogP contribution in [0.2, 0.25) is 10.0 Å². The number of hydrogen-bond donors (Lipinski definition) is 1. The number of allylic oxidation sites excluding steroid dienone is 2. The molecule has 1 aliphatic heterocycles. The van der Waals surface area contributed by atoms with Crippen molar-refractivity contribution in [3.63, 3.8) is 0 Å². The van der Waals surface area contributed by atoms with Crippen LogP contribution in [0.1, 0.15) is 35.1 Å². The van der Waals surface area contributed by atoms with Crippen molar-refractivity contribution in [3.8, 4) is 11.5 Å². The molecule has 0 saturated carbocycles. The van der Waals surface area contributed by atoms with Crippen molar-refractivity contribution in [1.82, 2.24) is 0 Å². The van der Waals surface area contributed by atoms with Crippen molar-refractivity contribution < 1.29 is 18.3 Å². The summed E-state index contributed by atoms with van der Waals surface area (Å²) in [6.45, 7) is 0.227. The van der Waals surface area contributed by atoms with Crippen LogP contribution in [0.5, 0.6) is 11.5 Å². The minimum atomic E-state index is -0.593. The maximum atomic E-state index is 14.7. The first-order chi connectivity index (χ1) is 16.4. The van der Waals surface area contributed by atoms with Crippen LogP contribution >= 0.6 is 39.1 Å². The molecule has 0 bridgehead atoms. The highest BCUT2D eigenvalue weighted by atomic mass is 79.9. The van der Waals surface area contributed by atoms with Gasteiger partial charge in [-0.05, 0) is 69.7 Å². The van der Waals surface area contributed by atoms with E-state index < -0.39 is 11.6 Å². The van der Waals surface area contributed by atoms with E-state index in [1.54, 1.807) is 19.2 Å². The van der Waals surface area contributed by atoms with Gasteiger partial charge >= 0.3 is 0 Å². The van der Waals surface area contributed by atoms with E-state index in [-0.39, 0.29) is 24.5 Å². The molecule has 0 unspecified atom stereocenters. The molecule has 0 spiro atoms. The fourth-order valence-electron chi connectivity index (χ4n) is 4.80. The number of benzene rings is 3. The van der Waals surface area contributed by atoms with Crippen LogP contribution in [-0.4, -0.2) is 7.11 Å². The third-order valence-electron chi connectivity index (χ3n) is 6.38. The molecule has 1 N–H and O–H groups in total. The van der Waals surface area contributed by atoms with Gasteiger partial charge in [0.15, 0.2) is 11.5 Å². The highest BCUT2D eigenvalue weighted by molar-refractivity contribution is 9.10. The van der Waals surface area contributed by atoms with Crippen LogP contribution < -0.4 is 14.8 Å². The Morgan fingerprint density at radius 1 is 1.12 bits per heavy atom. The molecular weight excluding hydrogens is 547 g/mol. The van der Waals surface area contributed by atoms with Gasteiger partial charge in [0, 0.05) is 27.6 Å². The van der Waals surface area contributed by atoms with Gasteiger partial charge in [0.1, 0.15) is 18.2 Å². The average molecular weight is 567 g/mol. The lowest BCUT2D eigenvalue weighted by atomic mass is 9.77. The fraction of sp³-hybridized carbons (Fsp3) is 0.231. The minimum absolute atomic E-state index is 0.0702. The average Bonchev–Trinajstić information content (AvgIpc) is 3.29. The number of halogens is 5. The third-order valence-corrected chi connectivity index (χ3v) is 7.56. The molecule has 3 nitrogen and oxygen atoms in total. The zero-order valence-electron chi connectivity index (χ0n) is 18.0. The molecule has 3 aromatic rings. The van der Waals surface area contributed by atoms with Crippen LogP contribution in [-0.2, 0) is 6.61 Å². The van der Waals surface area contributed by atoms with Gasteiger partial charge in [0.05, 0.1) is 23.3 Å². The first kappa shape index (κ1) is 23.5. The number of fused-ring (bicyclic) bond motifs is 3. The largest absolute Gasteiger partial charge is 0.493 e. The SMILES string of the molecule is COc1cc([C@H]2Nc3c(F)cc(F)cc3[C@H]3C=CC[C@@H]32)cc(Br)c1OCc1ccc(Cl)cc1Cl. The molecule has 0 aromatic heterocycles. The summed E-state index contributed by atoms with van der Waals surface area (Å²) in [5.41, 5.74) is 2.69. The van der Waals surface area contributed by atoms with Gasteiger partial charge in [-0.25, -0.2) is 8.78 Å². The normalized spacial score (nSPS) is 20.5. The van der Waals surface area contributed by atoms with Crippen molar-refractivity contribution in [1.29, 1.82) is 0 Å². The Balaban J connectivity index is 1.47. The number of hydrogen-bond acceptors (Lipinski definition) is 3. The van der Waals surface area contributed by atoms with Gasteiger partial charge in [-0.2, -0.15) is 0 Å². The molecule has 2 aliphatic rings. The molecule has 1 aliphatic carbocycles. The molecule has 0 fully saturated rings. The number of nitrogens with one attached hydrogen (secondary N) is 1. The van der Waals surface area contributed by atoms with Crippen molar-refractivity contribution in [2.45, 2.75) is 25.0 Å². The second kappa shape index (κ2) is 9.40. The molecular formula is C26H20BrCl2F2NO2. The molecule has 34 heavy (non-hydrogen) atoms. The van der Waals surface area contributed by atoms with E-state index in [9.17, 15) is 8.78 Å². The Morgan fingerprint density at radius 3 is 2.71 bits per heavy atom. The quantitative estimate of drug-likeness (QED) is 0.314. The molecule has 3 aromatic carbocycles. The zero-order chi connectivity index (χ0) is 24.0. The second-order valence-corrected chi connectivity index (χ2v) is 10.1. The van der Waals surface area contributed by atoms with Crippen LogP contribution in [0.15, 0.2) is 59.1 Å². The lowest BCUT2D eigenvalue weighted by Gasteiger charge is -2.38. The molecule has 1 heterocycles. The van der Waals surface area contributed by atoms with E-state index in [1.165, 1.54) is 6.07 Å². The predicted octanol–water partition coefficient (Wildman–Crippen LogP) is 8.45. The van der Waals surface area contributed by atoms with Gasteiger partial charge in [-0.3, -0.25) is 0 Å². The van der Waals surface area contributed by atoms with Gasteiger partial charge < -0.3 is 14.8 Å². The first-order valence-electron chi connectivity index (χ1n) is 10.7. The number of ether oxygens (including phenoxy) is 2. The third kappa shape index (κ3) is 4.28. The molecule has 0 radical (unpaired) electrons. The number of rotatable bonds is 5. The van der Waals surface area contributed by atoms with Crippen LogP contribution in [0.3, 0.4) is 0 Å². The van der Waals surface area contributed by atoms with Crippen LogP contribution in [0.4, 0.5) is 14.5 Å². The van der Waals surface area contributed by atoms with E-state index in [0.29, 0.717) is 37.3 Å². The Bertz CT molecular complexity index is 1300. The van der Waals surface area contributed by atoms with Crippen molar-refractivity contribution in [2.24, 2.45) is 5.92 Å². The predicted molar refractivity (Wildman–Crippen MR) is 134 cm³/mol.